The molecule has 6 rings (SSSR count). The Bertz CT molecular complexity index is 2350. The number of carbonyl (C=O) groups is 2. The maximum Gasteiger partial charge on any atom is 0.263 e. The van der Waals surface area contributed by atoms with Crippen LogP contribution < -0.4 is 25.8 Å². The molecule has 5 heterocycles. The number of carbonyl (C=O) groups excluding carboxylic acids is 2. The predicted octanol–water partition coefficient (Wildman–Crippen LogP) is 7.72. The van der Waals surface area contributed by atoms with E-state index in [2.05, 4.69) is 40.2 Å². The second kappa shape index (κ2) is 16.6. The van der Waals surface area contributed by atoms with Gasteiger partial charge in [0.15, 0.2) is 11.6 Å². The van der Waals surface area contributed by atoms with Crippen LogP contribution in [0.2, 0.25) is 30.7 Å². The van der Waals surface area contributed by atoms with E-state index in [1.54, 1.807) is 0 Å². The van der Waals surface area contributed by atoms with Gasteiger partial charge in [0.05, 0.1) is 23.2 Å². The number of likely N-dealkylation sites (N-methyl/N-ethyl adjacent to an activating group) is 1. The van der Waals surface area contributed by atoms with Gasteiger partial charge in [0, 0.05) is 75.6 Å². The molecule has 2 aliphatic heterocycles. The van der Waals surface area contributed by atoms with E-state index in [4.69, 9.17) is 21.3 Å². The third-order valence-corrected chi connectivity index (χ3v) is 12.7. The zero-order valence-corrected chi connectivity index (χ0v) is 37.5. The summed E-state index contributed by atoms with van der Waals surface area (Å²) in [4.78, 5) is 55.0. The molecule has 320 valence electrons. The Morgan fingerprint density at radius 2 is 1.73 bits per heavy atom. The molecule has 1 aromatic carbocycles. The largest absolute Gasteiger partial charge is 0.490 e. The average molecular weight is 857 g/mol. The molecule has 2 aliphatic rings. The van der Waals surface area contributed by atoms with Crippen LogP contribution in [0.5, 0.6) is 5.75 Å². The van der Waals surface area contributed by atoms with E-state index in [-0.39, 0.29) is 56.5 Å². The average Bonchev–Trinajstić information content (AvgIpc) is 3.72. The number of nitrogens with zero attached hydrogens (tertiary/aromatic N) is 6. The van der Waals surface area contributed by atoms with E-state index in [1.807, 2.05) is 53.5 Å². The topological polar surface area (TPSA) is 127 Å². The van der Waals surface area contributed by atoms with Gasteiger partial charge in [-0.3, -0.25) is 19.0 Å². The number of pyridine rings is 1. The van der Waals surface area contributed by atoms with Gasteiger partial charge < -0.3 is 29.7 Å². The van der Waals surface area contributed by atoms with Crippen molar-refractivity contribution in [1.82, 2.24) is 29.3 Å². The number of benzene rings is 1. The molecule has 3 aromatic heterocycles. The van der Waals surface area contributed by atoms with Crippen molar-refractivity contribution < 1.29 is 27.5 Å². The van der Waals surface area contributed by atoms with Crippen molar-refractivity contribution in [2.75, 3.05) is 43.5 Å². The molecule has 0 spiro atoms. The molecule has 1 fully saturated rings. The standard InChI is InChI=1S/C42H56ClF3N8O4Si/c1-24-20-51(7)14-15-53(24)30-19-28(33(43)37(46)48-30)47-31(55)22-52-21-27(32-38(52)49-29-12-11-13-54(29)40(32)57)25-18-26(39(56)50-42(5,6)23-41(2,3)4)36(35(45)34(25)44)58-16-17-59(8,9)10/h18-19,21,24H,11-17,20,22-23H2,1-10H3,(H,50,56)(H,47,48,55)/t24-/m0/s1. The molecule has 1 atom stereocenters. The number of rotatable bonds is 12. The summed E-state index contributed by atoms with van der Waals surface area (Å²) in [5, 5.41) is 5.25. The van der Waals surface area contributed by atoms with Crippen molar-refractivity contribution in [2.24, 2.45) is 5.41 Å². The lowest BCUT2D eigenvalue weighted by atomic mass is 9.81. The molecule has 1 saturated heterocycles. The van der Waals surface area contributed by atoms with E-state index in [0.717, 1.165) is 13.1 Å². The number of nitrogens with one attached hydrogen (secondary N) is 2. The highest BCUT2D eigenvalue weighted by molar-refractivity contribution is 6.76. The molecule has 0 unspecified atom stereocenters. The van der Waals surface area contributed by atoms with Crippen LogP contribution in [0.25, 0.3) is 22.2 Å². The second-order valence-electron chi connectivity index (χ2n) is 19.1. The molecular weight excluding hydrogens is 801 g/mol. The van der Waals surface area contributed by atoms with Crippen LogP contribution in [0, 0.1) is 23.0 Å². The van der Waals surface area contributed by atoms with Crippen molar-refractivity contribution >= 4 is 54.0 Å². The molecule has 0 radical (unpaired) electrons. The third-order valence-electron chi connectivity index (χ3n) is 10.7. The first kappa shape index (κ1) is 44.1. The molecule has 59 heavy (non-hydrogen) atoms. The normalized spacial score (nSPS) is 16.4. The maximum absolute atomic E-state index is 16.6. The third kappa shape index (κ3) is 9.81. The molecule has 4 aromatic rings. The number of anilines is 2. The molecule has 2 N–H and O–H groups in total. The summed E-state index contributed by atoms with van der Waals surface area (Å²) in [7, 11) is 0.327. The Morgan fingerprint density at radius 3 is 2.39 bits per heavy atom. The fourth-order valence-electron chi connectivity index (χ4n) is 8.32. The van der Waals surface area contributed by atoms with Crippen LogP contribution in [-0.2, 0) is 24.3 Å². The van der Waals surface area contributed by atoms with E-state index in [9.17, 15) is 14.4 Å². The number of ether oxygens (including phenoxy) is 1. The fraction of sp³-hybridized carbons (Fsp3) is 0.548. The second-order valence-corrected chi connectivity index (χ2v) is 25.1. The van der Waals surface area contributed by atoms with Crippen LogP contribution in [0.4, 0.5) is 24.7 Å². The van der Waals surface area contributed by atoms with Crippen molar-refractivity contribution in [3.8, 4) is 16.9 Å². The summed E-state index contributed by atoms with van der Waals surface area (Å²) >= 11 is 6.32. The quantitative estimate of drug-likeness (QED) is 0.110. The molecule has 12 nitrogen and oxygen atoms in total. The zero-order chi connectivity index (χ0) is 43.4. The van der Waals surface area contributed by atoms with Gasteiger partial charge in [0.1, 0.15) is 28.9 Å². The van der Waals surface area contributed by atoms with Gasteiger partial charge in [-0.05, 0) is 58.2 Å². The minimum absolute atomic E-state index is 0.00114. The van der Waals surface area contributed by atoms with Gasteiger partial charge in [-0.25, -0.2) is 14.4 Å². The number of aromatic nitrogens is 4. The van der Waals surface area contributed by atoms with Gasteiger partial charge in [0.25, 0.3) is 11.5 Å². The minimum Gasteiger partial charge on any atom is -0.490 e. The van der Waals surface area contributed by atoms with Gasteiger partial charge in [-0.15, -0.1) is 0 Å². The first-order chi connectivity index (χ1) is 27.4. The van der Waals surface area contributed by atoms with E-state index in [0.29, 0.717) is 50.0 Å². The van der Waals surface area contributed by atoms with Gasteiger partial charge in [-0.2, -0.15) is 8.78 Å². The van der Waals surface area contributed by atoms with Crippen LogP contribution in [0.1, 0.15) is 70.6 Å². The molecular formula is C42H56ClF3N8O4Si. The predicted molar refractivity (Wildman–Crippen MR) is 229 cm³/mol. The lowest BCUT2D eigenvalue weighted by Crippen LogP contribution is -2.50. The summed E-state index contributed by atoms with van der Waals surface area (Å²) in [6.07, 6.45) is 3.07. The number of aryl methyl sites for hydroxylation is 1. The summed E-state index contributed by atoms with van der Waals surface area (Å²) in [5.74, 6) is -4.68. The number of hydrogen-bond donors (Lipinski definition) is 2. The van der Waals surface area contributed by atoms with E-state index in [1.165, 1.54) is 27.5 Å². The monoisotopic (exact) mass is 856 g/mol. The highest BCUT2D eigenvalue weighted by atomic mass is 35.5. The smallest absolute Gasteiger partial charge is 0.263 e. The summed E-state index contributed by atoms with van der Waals surface area (Å²) < 4.78 is 56.9. The number of piperazine rings is 1. The van der Waals surface area contributed by atoms with Crippen molar-refractivity contribution in [1.29, 1.82) is 0 Å². The Morgan fingerprint density at radius 1 is 1.02 bits per heavy atom. The van der Waals surface area contributed by atoms with Crippen LogP contribution >= 0.6 is 11.6 Å². The first-order valence-electron chi connectivity index (χ1n) is 20.1. The number of halogens is 4. The van der Waals surface area contributed by atoms with E-state index >= 15 is 13.2 Å². The van der Waals surface area contributed by atoms with Crippen molar-refractivity contribution in [3.63, 3.8) is 0 Å². The maximum atomic E-state index is 16.6. The Labute approximate surface area is 349 Å². The lowest BCUT2D eigenvalue weighted by molar-refractivity contribution is -0.116. The molecule has 0 bridgehead atoms. The van der Waals surface area contributed by atoms with Crippen LogP contribution in [0.3, 0.4) is 0 Å². The molecule has 0 saturated carbocycles. The lowest BCUT2D eigenvalue weighted by Gasteiger charge is -2.39. The van der Waals surface area contributed by atoms with Crippen LogP contribution in [0.15, 0.2) is 23.1 Å². The highest BCUT2D eigenvalue weighted by Crippen LogP contribution is 2.38. The Kier molecular flexibility index (Phi) is 12.4. The number of hydrogen-bond acceptors (Lipinski definition) is 8. The molecule has 17 heteroatoms. The van der Waals surface area contributed by atoms with Crippen LogP contribution in [-0.4, -0.2) is 88.8 Å². The van der Waals surface area contributed by atoms with Crippen molar-refractivity contribution in [3.05, 3.63) is 62.7 Å². The summed E-state index contributed by atoms with van der Waals surface area (Å²) in [5.41, 5.74) is -1.99. The zero-order valence-electron chi connectivity index (χ0n) is 35.7. The molecule has 2 amide bonds. The van der Waals surface area contributed by atoms with Gasteiger partial charge in [-0.1, -0.05) is 52.0 Å². The van der Waals surface area contributed by atoms with Gasteiger partial charge >= 0.3 is 0 Å². The minimum atomic E-state index is -1.67. The number of fused-ring (bicyclic) bond motifs is 2. The number of amides is 2. The van der Waals surface area contributed by atoms with Gasteiger partial charge in [0.2, 0.25) is 17.7 Å². The fourth-order valence-corrected chi connectivity index (χ4v) is 9.18. The SMILES string of the molecule is C[C@H]1CN(C)CCN1c1cc(NC(=O)Cn2cc(-c3cc(C(=O)NC(C)(C)CC(C)(C)C)c(OCC[Si](C)(C)C)c(F)c3F)c3c(=O)n4c(nc32)CCC4)c(Cl)c(F)n1. The first-order valence-corrected chi connectivity index (χ1v) is 24.2. The molecule has 0 aliphatic carbocycles. The Hall–Kier alpha value is -4.41. The highest BCUT2D eigenvalue weighted by Gasteiger charge is 2.33. The summed E-state index contributed by atoms with van der Waals surface area (Å²) in [6.45, 7) is 20.2. The summed E-state index contributed by atoms with van der Waals surface area (Å²) in [6, 6.07) is 3.37. The van der Waals surface area contributed by atoms with E-state index < -0.39 is 60.9 Å². The van der Waals surface area contributed by atoms with Crippen molar-refractivity contribution in [2.45, 2.75) is 111 Å². The Balaban J connectivity index is 1.43.